The molecule has 0 aliphatic carbocycles. The molecule has 1 atom stereocenters. The fourth-order valence-electron chi connectivity index (χ4n) is 2.24. The number of para-hydroxylation sites is 1. The highest BCUT2D eigenvalue weighted by Crippen LogP contribution is 2.20. The predicted octanol–water partition coefficient (Wildman–Crippen LogP) is 3.20. The van der Waals surface area contributed by atoms with Gasteiger partial charge in [0.05, 0.1) is 6.61 Å². The summed E-state index contributed by atoms with van der Waals surface area (Å²) in [5.41, 5.74) is 8.72. The third-order valence-electron chi connectivity index (χ3n) is 3.10. The summed E-state index contributed by atoms with van der Waals surface area (Å²) in [6.45, 7) is 2.69. The maximum atomic E-state index is 6.25. The van der Waals surface area contributed by atoms with Crippen molar-refractivity contribution in [1.82, 2.24) is 0 Å². The van der Waals surface area contributed by atoms with Gasteiger partial charge in [0.15, 0.2) is 0 Å². The van der Waals surface area contributed by atoms with Gasteiger partial charge < -0.3 is 10.5 Å². The van der Waals surface area contributed by atoms with Crippen LogP contribution < -0.4 is 10.5 Å². The standard InChI is InChI=1S/C17H21NO/c1-2-19-17-11-7-6-10-15(17)13-16(18)12-14-8-4-3-5-9-14/h3-11,16H,2,12-13,18H2,1H3. The molecule has 0 amide bonds. The minimum absolute atomic E-state index is 0.115. The van der Waals surface area contributed by atoms with Crippen molar-refractivity contribution in [2.24, 2.45) is 5.73 Å². The van der Waals surface area contributed by atoms with Gasteiger partial charge in [0.2, 0.25) is 0 Å². The van der Waals surface area contributed by atoms with Gasteiger partial charge in [-0.15, -0.1) is 0 Å². The molecule has 2 nitrogen and oxygen atoms in total. The molecular weight excluding hydrogens is 234 g/mol. The minimum Gasteiger partial charge on any atom is -0.494 e. The van der Waals surface area contributed by atoms with Crippen molar-refractivity contribution in [3.63, 3.8) is 0 Å². The molecular formula is C17H21NO. The number of hydrogen-bond acceptors (Lipinski definition) is 2. The van der Waals surface area contributed by atoms with Crippen molar-refractivity contribution in [3.05, 3.63) is 65.7 Å². The molecule has 0 radical (unpaired) electrons. The van der Waals surface area contributed by atoms with Crippen LogP contribution in [0.1, 0.15) is 18.1 Å². The van der Waals surface area contributed by atoms with Crippen molar-refractivity contribution in [3.8, 4) is 5.75 Å². The average Bonchev–Trinajstić information content (AvgIpc) is 2.42. The van der Waals surface area contributed by atoms with Crippen LogP contribution in [0.3, 0.4) is 0 Å². The number of hydrogen-bond donors (Lipinski definition) is 1. The molecule has 2 aromatic carbocycles. The Morgan fingerprint density at radius 2 is 1.63 bits per heavy atom. The molecule has 0 bridgehead atoms. The first-order chi connectivity index (χ1) is 9.29. The topological polar surface area (TPSA) is 35.2 Å². The van der Waals surface area contributed by atoms with Crippen LogP contribution >= 0.6 is 0 Å². The van der Waals surface area contributed by atoms with E-state index in [1.807, 2.05) is 31.2 Å². The normalized spacial score (nSPS) is 12.1. The zero-order valence-electron chi connectivity index (χ0n) is 11.4. The minimum atomic E-state index is 0.115. The Balaban J connectivity index is 2.00. The predicted molar refractivity (Wildman–Crippen MR) is 79.4 cm³/mol. The van der Waals surface area contributed by atoms with Crippen molar-refractivity contribution in [1.29, 1.82) is 0 Å². The lowest BCUT2D eigenvalue weighted by atomic mass is 9.99. The van der Waals surface area contributed by atoms with E-state index < -0.39 is 0 Å². The Morgan fingerprint density at radius 1 is 0.947 bits per heavy atom. The SMILES string of the molecule is CCOc1ccccc1CC(N)Cc1ccccc1. The van der Waals surface area contributed by atoms with E-state index in [1.54, 1.807) is 0 Å². The van der Waals surface area contributed by atoms with E-state index in [0.29, 0.717) is 6.61 Å². The molecule has 0 aromatic heterocycles. The third kappa shape index (κ3) is 4.11. The van der Waals surface area contributed by atoms with E-state index in [1.165, 1.54) is 11.1 Å². The summed E-state index contributed by atoms with van der Waals surface area (Å²) in [6.07, 6.45) is 1.73. The summed E-state index contributed by atoms with van der Waals surface area (Å²) < 4.78 is 5.63. The monoisotopic (exact) mass is 255 g/mol. The molecule has 1 unspecified atom stereocenters. The fraction of sp³-hybridized carbons (Fsp3) is 0.294. The maximum Gasteiger partial charge on any atom is 0.122 e. The Bertz CT molecular complexity index is 496. The van der Waals surface area contributed by atoms with Crippen molar-refractivity contribution < 1.29 is 4.74 Å². The molecule has 0 aliphatic rings. The molecule has 0 aliphatic heterocycles. The van der Waals surface area contributed by atoms with E-state index in [4.69, 9.17) is 10.5 Å². The highest BCUT2D eigenvalue weighted by Gasteiger charge is 2.09. The van der Waals surface area contributed by atoms with Crippen LogP contribution in [0.15, 0.2) is 54.6 Å². The Kier molecular flexibility index (Phi) is 4.99. The van der Waals surface area contributed by atoms with Crippen molar-refractivity contribution in [2.45, 2.75) is 25.8 Å². The molecule has 2 heteroatoms. The fourth-order valence-corrected chi connectivity index (χ4v) is 2.24. The Hall–Kier alpha value is -1.80. The van der Waals surface area contributed by atoms with Crippen LogP contribution in [0.4, 0.5) is 0 Å². The summed E-state index contributed by atoms with van der Waals surface area (Å²) in [7, 11) is 0. The van der Waals surface area contributed by atoms with Gasteiger partial charge in [-0.3, -0.25) is 0 Å². The van der Waals surface area contributed by atoms with Crippen LogP contribution in [0.5, 0.6) is 5.75 Å². The van der Waals surface area contributed by atoms with Gasteiger partial charge in [0.1, 0.15) is 5.75 Å². The van der Waals surface area contributed by atoms with Crippen molar-refractivity contribution >= 4 is 0 Å². The largest absolute Gasteiger partial charge is 0.494 e. The lowest BCUT2D eigenvalue weighted by Gasteiger charge is -2.15. The van der Waals surface area contributed by atoms with Gasteiger partial charge in [-0.2, -0.15) is 0 Å². The number of benzene rings is 2. The first kappa shape index (κ1) is 13.6. The van der Waals surface area contributed by atoms with E-state index >= 15 is 0 Å². The molecule has 2 N–H and O–H groups in total. The first-order valence-corrected chi connectivity index (χ1v) is 6.79. The quantitative estimate of drug-likeness (QED) is 0.860. The molecule has 100 valence electrons. The molecule has 2 aromatic rings. The number of rotatable bonds is 6. The van der Waals surface area contributed by atoms with Crippen LogP contribution in [-0.2, 0) is 12.8 Å². The van der Waals surface area contributed by atoms with E-state index in [0.717, 1.165) is 18.6 Å². The summed E-state index contributed by atoms with van der Waals surface area (Å²) in [5.74, 6) is 0.952. The molecule has 0 heterocycles. The lowest BCUT2D eigenvalue weighted by Crippen LogP contribution is -2.25. The summed E-state index contributed by atoms with van der Waals surface area (Å²) in [6, 6.07) is 18.6. The molecule has 0 spiro atoms. The molecule has 0 saturated carbocycles. The summed E-state index contributed by atoms with van der Waals surface area (Å²) in [4.78, 5) is 0. The van der Waals surface area contributed by atoms with E-state index in [9.17, 15) is 0 Å². The zero-order chi connectivity index (χ0) is 13.5. The first-order valence-electron chi connectivity index (χ1n) is 6.79. The Morgan fingerprint density at radius 3 is 2.37 bits per heavy atom. The maximum absolute atomic E-state index is 6.25. The van der Waals surface area contributed by atoms with Gasteiger partial charge in [0, 0.05) is 6.04 Å². The van der Waals surface area contributed by atoms with Crippen LogP contribution in [-0.4, -0.2) is 12.6 Å². The smallest absolute Gasteiger partial charge is 0.122 e. The lowest BCUT2D eigenvalue weighted by molar-refractivity contribution is 0.335. The molecule has 0 saturated heterocycles. The molecule has 19 heavy (non-hydrogen) atoms. The van der Waals surface area contributed by atoms with Gasteiger partial charge in [-0.25, -0.2) is 0 Å². The second-order valence-corrected chi connectivity index (χ2v) is 4.69. The molecule has 2 rings (SSSR count). The van der Waals surface area contributed by atoms with Gasteiger partial charge in [-0.05, 0) is 37.0 Å². The summed E-state index contributed by atoms with van der Waals surface area (Å²) in [5, 5.41) is 0. The number of ether oxygens (including phenoxy) is 1. The third-order valence-corrected chi connectivity index (χ3v) is 3.10. The zero-order valence-corrected chi connectivity index (χ0v) is 11.4. The van der Waals surface area contributed by atoms with Crippen molar-refractivity contribution in [2.75, 3.05) is 6.61 Å². The summed E-state index contributed by atoms with van der Waals surface area (Å²) >= 11 is 0. The highest BCUT2D eigenvalue weighted by atomic mass is 16.5. The second-order valence-electron chi connectivity index (χ2n) is 4.69. The average molecular weight is 255 g/mol. The Labute approximate surface area is 115 Å². The highest BCUT2D eigenvalue weighted by molar-refractivity contribution is 5.34. The van der Waals surface area contributed by atoms with E-state index in [-0.39, 0.29) is 6.04 Å². The van der Waals surface area contributed by atoms with Crippen LogP contribution in [0, 0.1) is 0 Å². The second kappa shape index (κ2) is 6.95. The van der Waals surface area contributed by atoms with Crippen LogP contribution in [0.25, 0.3) is 0 Å². The van der Waals surface area contributed by atoms with Gasteiger partial charge in [-0.1, -0.05) is 48.5 Å². The van der Waals surface area contributed by atoms with Gasteiger partial charge in [0.25, 0.3) is 0 Å². The van der Waals surface area contributed by atoms with Gasteiger partial charge >= 0.3 is 0 Å². The number of nitrogens with two attached hydrogens (primary N) is 1. The van der Waals surface area contributed by atoms with E-state index in [2.05, 4.69) is 30.3 Å². The molecule has 0 fully saturated rings. The van der Waals surface area contributed by atoms with Crippen LogP contribution in [0.2, 0.25) is 0 Å².